The Labute approximate surface area is 151 Å². The van der Waals surface area contributed by atoms with Crippen LogP contribution in [0.5, 0.6) is 5.75 Å². The number of nitrogens with one attached hydrogen (secondary N) is 1. The van der Waals surface area contributed by atoms with E-state index >= 15 is 0 Å². The molecular formula is C19H19ClN2O3. The molecule has 2 amide bonds. The highest BCUT2D eigenvalue weighted by Gasteiger charge is 2.21. The van der Waals surface area contributed by atoms with Crippen LogP contribution in [0.3, 0.4) is 0 Å². The number of rotatable bonds is 5. The Bertz CT molecular complexity index is 776. The molecule has 130 valence electrons. The van der Waals surface area contributed by atoms with Crippen molar-refractivity contribution in [2.24, 2.45) is 0 Å². The molecule has 0 aromatic heterocycles. The molecule has 0 spiro atoms. The van der Waals surface area contributed by atoms with E-state index in [1.807, 2.05) is 12.1 Å². The average Bonchev–Trinajstić information content (AvgIpc) is 3.01. The largest absolute Gasteiger partial charge is 0.481 e. The summed E-state index contributed by atoms with van der Waals surface area (Å²) in [5, 5.41) is 3.36. The van der Waals surface area contributed by atoms with Gasteiger partial charge in [-0.3, -0.25) is 9.59 Å². The number of carbonyl (C=O) groups excluding carboxylic acids is 2. The quantitative estimate of drug-likeness (QED) is 0.882. The first-order valence-corrected chi connectivity index (χ1v) is 8.54. The molecule has 1 aliphatic rings. The van der Waals surface area contributed by atoms with Crippen molar-refractivity contribution in [2.75, 3.05) is 16.8 Å². The van der Waals surface area contributed by atoms with Gasteiger partial charge in [0, 0.05) is 29.4 Å². The molecule has 6 heteroatoms. The van der Waals surface area contributed by atoms with Crippen molar-refractivity contribution >= 4 is 34.8 Å². The number of anilines is 2. The molecule has 5 nitrogen and oxygen atoms in total. The zero-order valence-corrected chi connectivity index (χ0v) is 14.6. The van der Waals surface area contributed by atoms with Crippen LogP contribution in [0.1, 0.15) is 19.8 Å². The first-order valence-electron chi connectivity index (χ1n) is 8.16. The number of hydrogen-bond donors (Lipinski definition) is 1. The minimum Gasteiger partial charge on any atom is -0.481 e. The molecule has 2 aromatic rings. The van der Waals surface area contributed by atoms with Gasteiger partial charge in [-0.05, 0) is 55.8 Å². The van der Waals surface area contributed by atoms with Gasteiger partial charge in [-0.25, -0.2) is 0 Å². The first kappa shape index (κ1) is 17.3. The number of nitrogens with zero attached hydrogens (tertiary/aromatic N) is 1. The molecule has 0 radical (unpaired) electrons. The van der Waals surface area contributed by atoms with Gasteiger partial charge in [0.15, 0.2) is 6.10 Å². The summed E-state index contributed by atoms with van der Waals surface area (Å²) in [6.07, 6.45) is 0.810. The molecule has 1 atom stereocenters. The van der Waals surface area contributed by atoms with Crippen molar-refractivity contribution in [1.82, 2.24) is 0 Å². The zero-order valence-electron chi connectivity index (χ0n) is 13.9. The number of amides is 2. The first-order chi connectivity index (χ1) is 12.0. The third-order valence-electron chi connectivity index (χ3n) is 4.00. The fourth-order valence-electron chi connectivity index (χ4n) is 2.69. The van der Waals surface area contributed by atoms with Crippen LogP contribution in [0, 0.1) is 0 Å². The van der Waals surface area contributed by atoms with Gasteiger partial charge < -0.3 is 15.0 Å². The highest BCUT2D eigenvalue weighted by atomic mass is 35.5. The second-order valence-electron chi connectivity index (χ2n) is 5.90. The van der Waals surface area contributed by atoms with E-state index in [1.165, 1.54) is 0 Å². The minimum atomic E-state index is -0.668. The molecular weight excluding hydrogens is 340 g/mol. The molecule has 1 unspecified atom stereocenters. The van der Waals surface area contributed by atoms with E-state index in [0.717, 1.165) is 18.7 Å². The summed E-state index contributed by atoms with van der Waals surface area (Å²) in [5.41, 5.74) is 1.51. The van der Waals surface area contributed by atoms with Crippen molar-refractivity contribution in [3.8, 4) is 5.75 Å². The molecule has 1 saturated heterocycles. The molecule has 0 saturated carbocycles. The van der Waals surface area contributed by atoms with Gasteiger partial charge in [-0.1, -0.05) is 17.7 Å². The molecule has 2 aromatic carbocycles. The highest BCUT2D eigenvalue weighted by Crippen LogP contribution is 2.23. The van der Waals surface area contributed by atoms with Crippen molar-refractivity contribution in [3.05, 3.63) is 53.6 Å². The topological polar surface area (TPSA) is 58.6 Å². The molecule has 1 aliphatic heterocycles. The van der Waals surface area contributed by atoms with Gasteiger partial charge in [0.1, 0.15) is 5.75 Å². The third kappa shape index (κ3) is 4.31. The van der Waals surface area contributed by atoms with Gasteiger partial charge in [0.25, 0.3) is 5.91 Å². The van der Waals surface area contributed by atoms with Crippen LogP contribution in [0.15, 0.2) is 48.5 Å². The van der Waals surface area contributed by atoms with Gasteiger partial charge >= 0.3 is 0 Å². The molecule has 0 bridgehead atoms. The maximum atomic E-state index is 12.3. The predicted molar refractivity (Wildman–Crippen MR) is 98.2 cm³/mol. The number of carbonyl (C=O) groups is 2. The second-order valence-corrected chi connectivity index (χ2v) is 6.34. The van der Waals surface area contributed by atoms with Crippen molar-refractivity contribution in [3.63, 3.8) is 0 Å². The summed E-state index contributed by atoms with van der Waals surface area (Å²) < 4.78 is 5.60. The molecule has 1 fully saturated rings. The van der Waals surface area contributed by atoms with E-state index in [0.29, 0.717) is 22.9 Å². The van der Waals surface area contributed by atoms with Crippen LogP contribution in [-0.4, -0.2) is 24.5 Å². The van der Waals surface area contributed by atoms with Gasteiger partial charge in [0.05, 0.1) is 0 Å². The maximum Gasteiger partial charge on any atom is 0.265 e. The summed E-state index contributed by atoms with van der Waals surface area (Å²) in [7, 11) is 0. The highest BCUT2D eigenvalue weighted by molar-refractivity contribution is 6.30. The SMILES string of the molecule is CC(Oc1cccc(Cl)c1)C(=O)Nc1ccc(N2CCCC2=O)cc1. The zero-order chi connectivity index (χ0) is 17.8. The van der Waals surface area contributed by atoms with Crippen molar-refractivity contribution in [2.45, 2.75) is 25.9 Å². The van der Waals surface area contributed by atoms with E-state index in [1.54, 1.807) is 48.2 Å². The van der Waals surface area contributed by atoms with Crippen LogP contribution < -0.4 is 15.0 Å². The van der Waals surface area contributed by atoms with Crippen molar-refractivity contribution in [1.29, 1.82) is 0 Å². The standard InChI is InChI=1S/C19H19ClN2O3/c1-13(25-17-5-2-4-14(20)12-17)19(24)21-15-7-9-16(10-8-15)22-11-3-6-18(22)23/h2,4-5,7-10,12-13H,3,6,11H2,1H3,(H,21,24). The Morgan fingerprint density at radius 3 is 2.64 bits per heavy atom. The smallest absolute Gasteiger partial charge is 0.265 e. The van der Waals surface area contributed by atoms with Crippen LogP contribution in [-0.2, 0) is 9.59 Å². The van der Waals surface area contributed by atoms with Gasteiger partial charge in [0.2, 0.25) is 5.91 Å². The summed E-state index contributed by atoms with van der Waals surface area (Å²) in [5.74, 6) is 0.420. The molecule has 1 N–H and O–H groups in total. The summed E-state index contributed by atoms with van der Waals surface area (Å²) in [4.78, 5) is 25.8. The van der Waals surface area contributed by atoms with E-state index in [2.05, 4.69) is 5.32 Å². The normalized spacial score (nSPS) is 15.1. The molecule has 0 aliphatic carbocycles. The number of ether oxygens (including phenoxy) is 1. The van der Waals surface area contributed by atoms with E-state index in [4.69, 9.17) is 16.3 Å². The summed E-state index contributed by atoms with van der Waals surface area (Å²) in [6, 6.07) is 14.1. The van der Waals surface area contributed by atoms with Crippen LogP contribution in [0.2, 0.25) is 5.02 Å². The van der Waals surface area contributed by atoms with Crippen LogP contribution >= 0.6 is 11.6 Å². The fraction of sp³-hybridized carbons (Fsp3) is 0.263. The van der Waals surface area contributed by atoms with E-state index in [9.17, 15) is 9.59 Å². The lowest BCUT2D eigenvalue weighted by molar-refractivity contribution is -0.122. The van der Waals surface area contributed by atoms with Gasteiger partial charge in [-0.15, -0.1) is 0 Å². The monoisotopic (exact) mass is 358 g/mol. The third-order valence-corrected chi connectivity index (χ3v) is 4.23. The number of benzene rings is 2. The Hall–Kier alpha value is -2.53. The lowest BCUT2D eigenvalue weighted by Gasteiger charge is -2.17. The molecule has 3 rings (SSSR count). The average molecular weight is 359 g/mol. The summed E-state index contributed by atoms with van der Waals surface area (Å²) >= 11 is 5.91. The second kappa shape index (κ2) is 7.57. The number of halogens is 1. The van der Waals surface area contributed by atoms with Crippen molar-refractivity contribution < 1.29 is 14.3 Å². The Morgan fingerprint density at radius 1 is 1.24 bits per heavy atom. The fourth-order valence-corrected chi connectivity index (χ4v) is 2.87. The maximum absolute atomic E-state index is 12.3. The number of hydrogen-bond acceptors (Lipinski definition) is 3. The van der Waals surface area contributed by atoms with E-state index in [-0.39, 0.29) is 11.8 Å². The lowest BCUT2D eigenvalue weighted by Crippen LogP contribution is -2.30. The molecule has 25 heavy (non-hydrogen) atoms. The Kier molecular flexibility index (Phi) is 5.24. The predicted octanol–water partition coefficient (Wildman–Crippen LogP) is 3.87. The summed E-state index contributed by atoms with van der Waals surface area (Å²) in [6.45, 7) is 2.42. The van der Waals surface area contributed by atoms with Gasteiger partial charge in [-0.2, -0.15) is 0 Å². The minimum absolute atomic E-state index is 0.139. The Morgan fingerprint density at radius 2 is 2.00 bits per heavy atom. The Balaban J connectivity index is 1.59. The molecule has 1 heterocycles. The van der Waals surface area contributed by atoms with E-state index < -0.39 is 6.10 Å². The van der Waals surface area contributed by atoms with Crippen LogP contribution in [0.25, 0.3) is 0 Å². The lowest BCUT2D eigenvalue weighted by atomic mass is 10.2. The van der Waals surface area contributed by atoms with Crippen LogP contribution in [0.4, 0.5) is 11.4 Å².